The van der Waals surface area contributed by atoms with E-state index in [4.69, 9.17) is 0 Å². The number of hydrogen-bond acceptors (Lipinski definition) is 4. The zero-order valence-electron chi connectivity index (χ0n) is 13.7. The van der Waals surface area contributed by atoms with E-state index in [1.807, 2.05) is 36.4 Å². The van der Waals surface area contributed by atoms with Crippen molar-refractivity contribution in [2.45, 2.75) is 18.9 Å². The van der Waals surface area contributed by atoms with Gasteiger partial charge in [-0.15, -0.1) is 0 Å². The average Bonchev–Trinajstić information content (AvgIpc) is 3.05. The summed E-state index contributed by atoms with van der Waals surface area (Å²) in [6.45, 7) is 0.496. The molecule has 5 nitrogen and oxygen atoms in total. The molecule has 128 valence electrons. The van der Waals surface area contributed by atoms with Crippen molar-refractivity contribution in [3.8, 4) is 0 Å². The molecular weight excluding hydrogens is 334 g/mol. The summed E-state index contributed by atoms with van der Waals surface area (Å²) in [6, 6.07) is 20.5. The van der Waals surface area contributed by atoms with E-state index in [0.717, 1.165) is 17.8 Å². The summed E-state index contributed by atoms with van der Waals surface area (Å²) in [5.74, 6) is 0.0116. The number of hydrogen-bond donors (Lipinski definition) is 1. The highest BCUT2D eigenvalue weighted by molar-refractivity contribution is 7.06. The molecule has 6 heteroatoms. The predicted octanol–water partition coefficient (Wildman–Crippen LogP) is 2.64. The van der Waals surface area contributed by atoms with Gasteiger partial charge in [-0.3, -0.25) is 9.59 Å². The van der Waals surface area contributed by atoms with Crippen molar-refractivity contribution in [1.29, 1.82) is 0 Å². The Bertz CT molecular complexity index is 819. The summed E-state index contributed by atoms with van der Waals surface area (Å²) < 4.78 is 1.17. The maximum absolute atomic E-state index is 12.0. The fraction of sp³-hybridized carbons (Fsp3) is 0.211. The molecule has 0 radical (unpaired) electrons. The Morgan fingerprint density at radius 1 is 1.04 bits per heavy atom. The van der Waals surface area contributed by atoms with Gasteiger partial charge < -0.3 is 5.32 Å². The first kappa shape index (κ1) is 17.1. The number of rotatable bonds is 7. The first-order chi connectivity index (χ1) is 12.2. The minimum Gasteiger partial charge on any atom is -0.354 e. The van der Waals surface area contributed by atoms with Crippen LogP contribution in [0.15, 0.2) is 71.0 Å². The lowest BCUT2D eigenvalue weighted by Crippen LogP contribution is -2.32. The lowest BCUT2D eigenvalue weighted by molar-refractivity contribution is -0.121. The summed E-state index contributed by atoms with van der Waals surface area (Å²) >= 11 is 0.986. The maximum Gasteiger partial charge on any atom is 0.325 e. The Kier molecular flexibility index (Phi) is 5.74. The molecule has 0 spiro atoms. The summed E-state index contributed by atoms with van der Waals surface area (Å²) in [5.41, 5.74) is 3.88. The molecule has 1 aromatic heterocycles. The summed E-state index contributed by atoms with van der Waals surface area (Å²) in [5, 5.41) is 6.74. The third-order valence-electron chi connectivity index (χ3n) is 4.00. The zero-order valence-corrected chi connectivity index (χ0v) is 14.5. The highest BCUT2D eigenvalue weighted by Crippen LogP contribution is 2.27. The predicted molar refractivity (Wildman–Crippen MR) is 98.7 cm³/mol. The van der Waals surface area contributed by atoms with Gasteiger partial charge in [0.1, 0.15) is 12.1 Å². The van der Waals surface area contributed by atoms with Crippen molar-refractivity contribution in [2.75, 3.05) is 6.54 Å². The van der Waals surface area contributed by atoms with E-state index in [-0.39, 0.29) is 23.2 Å². The van der Waals surface area contributed by atoms with Gasteiger partial charge in [0, 0.05) is 12.5 Å². The Hall–Kier alpha value is -2.73. The van der Waals surface area contributed by atoms with E-state index in [1.54, 1.807) is 0 Å². The second kappa shape index (κ2) is 8.39. The van der Waals surface area contributed by atoms with Gasteiger partial charge in [0.25, 0.3) is 0 Å². The van der Waals surface area contributed by atoms with E-state index in [0.29, 0.717) is 6.54 Å². The molecule has 0 saturated carbocycles. The molecule has 1 amide bonds. The molecule has 0 atom stereocenters. The van der Waals surface area contributed by atoms with Crippen LogP contribution >= 0.6 is 11.3 Å². The van der Waals surface area contributed by atoms with Crippen molar-refractivity contribution in [3.05, 3.63) is 87.0 Å². The smallest absolute Gasteiger partial charge is 0.325 e. The van der Waals surface area contributed by atoms with Crippen LogP contribution in [0, 0.1) is 0 Å². The number of benzene rings is 2. The highest BCUT2D eigenvalue weighted by Gasteiger charge is 2.14. The molecule has 3 rings (SSSR count). The van der Waals surface area contributed by atoms with Gasteiger partial charge in [0.05, 0.1) is 0 Å². The van der Waals surface area contributed by atoms with E-state index in [1.165, 1.54) is 21.3 Å². The lowest BCUT2D eigenvalue weighted by Gasteiger charge is -2.18. The molecule has 25 heavy (non-hydrogen) atoms. The van der Waals surface area contributed by atoms with E-state index < -0.39 is 0 Å². The van der Waals surface area contributed by atoms with Crippen molar-refractivity contribution in [3.63, 3.8) is 0 Å². The number of nitrogens with one attached hydrogen (secondary N) is 1. The largest absolute Gasteiger partial charge is 0.354 e. The summed E-state index contributed by atoms with van der Waals surface area (Å²) in [4.78, 5) is 23.2. The van der Waals surface area contributed by atoms with Crippen molar-refractivity contribution >= 4 is 17.2 Å². The number of aromatic nitrogens is 2. The molecule has 0 aliphatic carbocycles. The lowest BCUT2D eigenvalue weighted by atomic mass is 9.88. The normalized spacial score (nSPS) is 10.8. The fourth-order valence-corrected chi connectivity index (χ4v) is 3.27. The van der Waals surface area contributed by atoms with Crippen LogP contribution < -0.4 is 10.2 Å². The molecule has 0 aliphatic rings. The second-order valence-electron chi connectivity index (χ2n) is 5.67. The molecular formula is C19H19N3O2S. The van der Waals surface area contributed by atoms with E-state index in [9.17, 15) is 9.59 Å². The highest BCUT2D eigenvalue weighted by atomic mass is 32.1. The van der Waals surface area contributed by atoms with Crippen molar-refractivity contribution < 1.29 is 4.79 Å². The van der Waals surface area contributed by atoms with Crippen molar-refractivity contribution in [2.24, 2.45) is 0 Å². The second-order valence-corrected chi connectivity index (χ2v) is 6.47. The number of amides is 1. The van der Waals surface area contributed by atoms with Crippen LogP contribution in [0.1, 0.15) is 23.5 Å². The summed E-state index contributed by atoms with van der Waals surface area (Å²) in [7, 11) is 0. The standard InChI is InChI=1S/C19H19N3O2S/c23-18(13-22-19(24)25-14-21-22)20-12-11-17(15-7-3-1-4-8-15)16-9-5-2-6-10-16/h1-10,14,17H,11-13H2,(H,20,23). The molecule has 0 fully saturated rings. The van der Waals surface area contributed by atoms with Gasteiger partial charge in [-0.25, -0.2) is 4.68 Å². The van der Waals surface area contributed by atoms with Crippen LogP contribution in [-0.4, -0.2) is 22.2 Å². The molecule has 0 saturated heterocycles. The first-order valence-corrected chi connectivity index (χ1v) is 8.99. The topological polar surface area (TPSA) is 64.0 Å². The number of carbonyl (C=O) groups is 1. The monoisotopic (exact) mass is 353 g/mol. The molecule has 1 N–H and O–H groups in total. The minimum atomic E-state index is -0.221. The molecule has 0 bridgehead atoms. The SMILES string of the molecule is O=C(Cn1ncsc1=O)NCCC(c1ccccc1)c1ccccc1. The average molecular weight is 353 g/mol. The van der Waals surface area contributed by atoms with E-state index >= 15 is 0 Å². The molecule has 1 heterocycles. The van der Waals surface area contributed by atoms with Gasteiger partial charge in [0.15, 0.2) is 0 Å². The third kappa shape index (κ3) is 4.64. The quantitative estimate of drug-likeness (QED) is 0.710. The first-order valence-electron chi connectivity index (χ1n) is 8.11. The van der Waals surface area contributed by atoms with Crippen LogP contribution in [0.25, 0.3) is 0 Å². The van der Waals surface area contributed by atoms with Gasteiger partial charge >= 0.3 is 4.87 Å². The van der Waals surface area contributed by atoms with Crippen LogP contribution in [0.4, 0.5) is 0 Å². The minimum absolute atomic E-state index is 0.0380. The Balaban J connectivity index is 1.62. The number of carbonyl (C=O) groups excluding carboxylic acids is 1. The van der Waals surface area contributed by atoms with E-state index in [2.05, 4.69) is 34.7 Å². The number of nitrogens with zero attached hydrogens (tertiary/aromatic N) is 2. The van der Waals surface area contributed by atoms with Crippen LogP contribution in [0.2, 0.25) is 0 Å². The van der Waals surface area contributed by atoms with Gasteiger partial charge in [-0.2, -0.15) is 5.10 Å². The van der Waals surface area contributed by atoms with Crippen LogP contribution in [0.5, 0.6) is 0 Å². The Labute approximate surface area is 150 Å². The molecule has 3 aromatic rings. The van der Waals surface area contributed by atoms with Gasteiger partial charge in [-0.1, -0.05) is 72.0 Å². The molecule has 0 aliphatic heterocycles. The molecule has 0 unspecified atom stereocenters. The van der Waals surface area contributed by atoms with Crippen LogP contribution in [0.3, 0.4) is 0 Å². The van der Waals surface area contributed by atoms with Gasteiger partial charge in [-0.05, 0) is 17.5 Å². The molecule has 2 aromatic carbocycles. The Morgan fingerprint density at radius 2 is 1.64 bits per heavy atom. The Morgan fingerprint density at radius 3 is 2.16 bits per heavy atom. The van der Waals surface area contributed by atoms with Crippen LogP contribution in [-0.2, 0) is 11.3 Å². The third-order valence-corrected chi connectivity index (χ3v) is 4.62. The zero-order chi connectivity index (χ0) is 17.5. The fourth-order valence-electron chi connectivity index (χ4n) is 2.78. The summed E-state index contributed by atoms with van der Waals surface area (Å²) in [6.07, 6.45) is 0.783. The van der Waals surface area contributed by atoms with Crippen molar-refractivity contribution in [1.82, 2.24) is 15.1 Å². The maximum atomic E-state index is 12.0. The van der Waals surface area contributed by atoms with Gasteiger partial charge in [0.2, 0.25) is 5.91 Å².